The molecule has 0 aromatic heterocycles. The van der Waals surface area contributed by atoms with Crippen molar-refractivity contribution >= 4 is 56.3 Å². The molecule has 1 fully saturated rings. The molecule has 3 rings (SSSR count). The zero-order valence-electron chi connectivity index (χ0n) is 17.5. The average Bonchev–Trinajstić information content (AvgIpc) is 2.72. The molecular formula is C22H24BrClN2O4S. The van der Waals surface area contributed by atoms with Gasteiger partial charge in [0.1, 0.15) is 4.99 Å². The van der Waals surface area contributed by atoms with E-state index in [2.05, 4.69) is 26.1 Å². The summed E-state index contributed by atoms with van der Waals surface area (Å²) < 4.78 is 17.7. The fourth-order valence-electron chi connectivity index (χ4n) is 3.40. The molecule has 166 valence electrons. The highest BCUT2D eigenvalue weighted by atomic mass is 79.9. The van der Waals surface area contributed by atoms with Crippen LogP contribution in [0.5, 0.6) is 11.5 Å². The molecule has 1 aliphatic rings. The largest absolute Gasteiger partial charge is 0.493 e. The second kappa shape index (κ2) is 10.6. The molecule has 1 heterocycles. The number of carbonyl (C=O) groups excluding carboxylic acids is 1. The van der Waals surface area contributed by atoms with Crippen LogP contribution in [0.15, 0.2) is 40.9 Å². The fraction of sp³-hybridized carbons (Fsp3) is 0.364. The summed E-state index contributed by atoms with van der Waals surface area (Å²) in [6, 6.07) is 10.7. The quantitative estimate of drug-likeness (QED) is 0.539. The maximum absolute atomic E-state index is 12.3. The third-order valence-electron chi connectivity index (χ3n) is 4.68. The number of methoxy groups -OCH3 is 1. The van der Waals surface area contributed by atoms with E-state index in [4.69, 9.17) is 38.0 Å². The van der Waals surface area contributed by atoms with Gasteiger partial charge in [0.25, 0.3) is 5.91 Å². The van der Waals surface area contributed by atoms with E-state index in [1.165, 1.54) is 0 Å². The molecule has 1 N–H and O–H groups in total. The van der Waals surface area contributed by atoms with E-state index in [1.807, 2.05) is 26.0 Å². The van der Waals surface area contributed by atoms with E-state index in [0.717, 1.165) is 18.7 Å². The molecule has 2 aromatic rings. The summed E-state index contributed by atoms with van der Waals surface area (Å²) in [6.45, 7) is 5.31. The number of halogens is 2. The van der Waals surface area contributed by atoms with Crippen LogP contribution in [0.4, 0.5) is 5.69 Å². The molecule has 1 aliphatic heterocycles. The first-order valence-electron chi connectivity index (χ1n) is 9.78. The van der Waals surface area contributed by atoms with Crippen LogP contribution < -0.4 is 14.8 Å². The van der Waals surface area contributed by atoms with Crippen molar-refractivity contribution in [1.29, 1.82) is 0 Å². The van der Waals surface area contributed by atoms with Crippen LogP contribution >= 0.6 is 39.7 Å². The lowest BCUT2D eigenvalue weighted by atomic mass is 10.1. The maximum Gasteiger partial charge on any atom is 0.262 e. The van der Waals surface area contributed by atoms with E-state index < -0.39 is 0 Å². The van der Waals surface area contributed by atoms with Gasteiger partial charge in [0.2, 0.25) is 0 Å². The first-order chi connectivity index (χ1) is 14.8. The number of benzene rings is 2. The Morgan fingerprint density at radius 3 is 2.61 bits per heavy atom. The topological polar surface area (TPSA) is 60.0 Å². The van der Waals surface area contributed by atoms with Gasteiger partial charge in [-0.15, -0.1) is 0 Å². The van der Waals surface area contributed by atoms with E-state index in [9.17, 15) is 4.79 Å². The van der Waals surface area contributed by atoms with E-state index in [0.29, 0.717) is 31.7 Å². The van der Waals surface area contributed by atoms with Crippen LogP contribution in [-0.4, -0.2) is 54.8 Å². The molecule has 0 saturated carbocycles. The van der Waals surface area contributed by atoms with Crippen molar-refractivity contribution in [1.82, 2.24) is 4.90 Å². The zero-order chi connectivity index (χ0) is 22.5. The highest BCUT2D eigenvalue weighted by molar-refractivity contribution is 9.10. The number of hydrogen-bond acceptors (Lipinski definition) is 5. The first-order valence-corrected chi connectivity index (χ1v) is 11.4. The molecular weight excluding hydrogens is 504 g/mol. The smallest absolute Gasteiger partial charge is 0.262 e. The zero-order valence-corrected chi connectivity index (χ0v) is 20.6. The molecule has 0 unspecified atom stereocenters. The number of nitrogens with zero attached hydrogens (tertiary/aromatic N) is 1. The number of para-hydroxylation sites is 1. The number of rotatable bonds is 6. The summed E-state index contributed by atoms with van der Waals surface area (Å²) in [4.78, 5) is 15.1. The van der Waals surface area contributed by atoms with Gasteiger partial charge in [-0.3, -0.25) is 4.79 Å². The van der Waals surface area contributed by atoms with E-state index in [1.54, 1.807) is 31.4 Å². The number of anilines is 1. The SMILES string of the molecule is COc1cc(C(=S)N2C[C@H](C)O[C@@H](C)C2)cc(Br)c1OCC(=O)Nc1ccccc1Cl. The lowest BCUT2D eigenvalue weighted by Crippen LogP contribution is -2.47. The number of amides is 1. The summed E-state index contributed by atoms with van der Waals surface area (Å²) >= 11 is 15.3. The Hall–Kier alpha value is -1.87. The van der Waals surface area contributed by atoms with Gasteiger partial charge in [0, 0.05) is 18.7 Å². The van der Waals surface area contributed by atoms with Gasteiger partial charge in [-0.2, -0.15) is 0 Å². The van der Waals surface area contributed by atoms with Crippen molar-refractivity contribution in [3.63, 3.8) is 0 Å². The molecule has 9 heteroatoms. The molecule has 0 spiro atoms. The second-order valence-electron chi connectivity index (χ2n) is 7.27. The lowest BCUT2D eigenvalue weighted by Gasteiger charge is -2.37. The predicted octanol–water partition coefficient (Wildman–Crippen LogP) is 4.91. The second-order valence-corrected chi connectivity index (χ2v) is 8.92. The third kappa shape index (κ3) is 6.10. The molecule has 2 aromatic carbocycles. The minimum atomic E-state index is -0.335. The summed E-state index contributed by atoms with van der Waals surface area (Å²) in [7, 11) is 1.55. The minimum Gasteiger partial charge on any atom is -0.493 e. The number of nitrogens with one attached hydrogen (secondary N) is 1. The molecule has 0 radical (unpaired) electrons. The van der Waals surface area contributed by atoms with Crippen molar-refractivity contribution in [3.05, 3.63) is 51.5 Å². The summed E-state index contributed by atoms with van der Waals surface area (Å²) in [5, 5.41) is 3.18. The molecule has 6 nitrogen and oxygen atoms in total. The average molecular weight is 528 g/mol. The molecule has 31 heavy (non-hydrogen) atoms. The van der Waals surface area contributed by atoms with Gasteiger partial charge < -0.3 is 24.4 Å². The number of morpholine rings is 1. The maximum atomic E-state index is 12.3. The number of thiocarbonyl (C=S) groups is 1. The van der Waals surface area contributed by atoms with Crippen molar-refractivity contribution in [2.75, 3.05) is 32.1 Å². The van der Waals surface area contributed by atoms with Crippen molar-refractivity contribution in [2.45, 2.75) is 26.1 Å². The van der Waals surface area contributed by atoms with Crippen LogP contribution in [0.2, 0.25) is 5.02 Å². The van der Waals surface area contributed by atoms with Gasteiger partial charge in [-0.05, 0) is 54.0 Å². The number of ether oxygens (including phenoxy) is 3. The van der Waals surface area contributed by atoms with Gasteiger partial charge in [0.05, 0.1) is 34.5 Å². The standard InChI is InChI=1S/C22H24BrClN2O4S/c1-13-10-26(11-14(2)30-13)22(31)15-8-16(23)21(19(9-15)28-3)29-12-20(27)25-18-7-5-4-6-17(18)24/h4-9,13-14H,10-12H2,1-3H3,(H,25,27)/t13-,14-/m0/s1. The third-order valence-corrected chi connectivity index (χ3v) is 6.09. The van der Waals surface area contributed by atoms with Gasteiger partial charge >= 0.3 is 0 Å². The highest BCUT2D eigenvalue weighted by Gasteiger charge is 2.26. The van der Waals surface area contributed by atoms with Crippen LogP contribution in [0.25, 0.3) is 0 Å². The van der Waals surface area contributed by atoms with Crippen molar-refractivity contribution in [3.8, 4) is 11.5 Å². The Balaban J connectivity index is 1.71. The Morgan fingerprint density at radius 1 is 1.29 bits per heavy atom. The Morgan fingerprint density at radius 2 is 1.97 bits per heavy atom. The molecule has 2 atom stereocenters. The normalized spacial score (nSPS) is 18.4. The summed E-state index contributed by atoms with van der Waals surface area (Å²) in [5.74, 6) is 0.566. The van der Waals surface area contributed by atoms with Crippen LogP contribution in [0.1, 0.15) is 19.4 Å². The summed E-state index contributed by atoms with van der Waals surface area (Å²) in [6.07, 6.45) is 0.206. The minimum absolute atomic E-state index is 0.103. The van der Waals surface area contributed by atoms with E-state index in [-0.39, 0.29) is 24.7 Å². The van der Waals surface area contributed by atoms with Crippen molar-refractivity contribution < 1.29 is 19.0 Å². The molecule has 1 saturated heterocycles. The molecule has 0 aliphatic carbocycles. The Bertz CT molecular complexity index is 965. The van der Waals surface area contributed by atoms with Gasteiger partial charge in [-0.1, -0.05) is 36.0 Å². The van der Waals surface area contributed by atoms with Crippen molar-refractivity contribution in [2.24, 2.45) is 0 Å². The van der Waals surface area contributed by atoms with Crippen LogP contribution in [-0.2, 0) is 9.53 Å². The highest BCUT2D eigenvalue weighted by Crippen LogP contribution is 2.37. The number of carbonyl (C=O) groups is 1. The Kier molecular flexibility index (Phi) is 8.16. The number of hydrogen-bond donors (Lipinski definition) is 1. The summed E-state index contributed by atoms with van der Waals surface area (Å²) in [5.41, 5.74) is 1.35. The molecule has 1 amide bonds. The lowest BCUT2D eigenvalue weighted by molar-refractivity contribution is -0.118. The monoisotopic (exact) mass is 526 g/mol. The fourth-order valence-corrected chi connectivity index (χ4v) is 4.40. The van der Waals surface area contributed by atoms with Gasteiger partial charge in [-0.25, -0.2) is 0 Å². The Labute approximate surface area is 200 Å². The van der Waals surface area contributed by atoms with Gasteiger partial charge in [0.15, 0.2) is 18.1 Å². The first kappa shape index (κ1) is 23.8. The van der Waals surface area contributed by atoms with Crippen LogP contribution in [0.3, 0.4) is 0 Å². The molecule has 0 bridgehead atoms. The van der Waals surface area contributed by atoms with E-state index >= 15 is 0 Å². The van der Waals surface area contributed by atoms with Crippen LogP contribution in [0, 0.1) is 0 Å². The predicted molar refractivity (Wildman–Crippen MR) is 130 cm³/mol.